The first-order valence-corrected chi connectivity index (χ1v) is 12.2. The number of halogens is 1. The molecule has 3 aromatic rings. The summed E-state index contributed by atoms with van der Waals surface area (Å²) >= 11 is 0. The Labute approximate surface area is 196 Å². The summed E-state index contributed by atoms with van der Waals surface area (Å²) in [6.07, 6.45) is 4.16. The fourth-order valence-electron chi connectivity index (χ4n) is 4.93. The van der Waals surface area contributed by atoms with E-state index in [1.165, 1.54) is 34.3 Å². The Bertz CT molecular complexity index is 1420. The van der Waals surface area contributed by atoms with Gasteiger partial charge < -0.3 is 4.74 Å². The lowest BCUT2D eigenvalue weighted by Crippen LogP contribution is -2.53. The van der Waals surface area contributed by atoms with Crippen molar-refractivity contribution in [1.29, 1.82) is 0 Å². The van der Waals surface area contributed by atoms with Crippen molar-refractivity contribution in [3.05, 3.63) is 64.9 Å². The molecule has 34 heavy (non-hydrogen) atoms. The lowest BCUT2D eigenvalue weighted by atomic mass is 9.69. The zero-order valence-corrected chi connectivity index (χ0v) is 19.8. The average molecular weight is 486 g/mol. The molecule has 1 saturated heterocycles. The summed E-state index contributed by atoms with van der Waals surface area (Å²) in [6.45, 7) is 1.91. The number of sulfonamides is 1. The van der Waals surface area contributed by atoms with E-state index in [0.717, 1.165) is 16.8 Å². The molecule has 9 nitrogen and oxygen atoms in total. The number of carbonyl (C=O) groups excluding carboxylic acids is 1. The van der Waals surface area contributed by atoms with Gasteiger partial charge in [0.05, 0.1) is 30.4 Å². The molecular formula is C23H24FN5O4S. The van der Waals surface area contributed by atoms with Gasteiger partial charge in [-0.1, -0.05) is 0 Å². The second-order valence-electron chi connectivity index (χ2n) is 8.70. The van der Waals surface area contributed by atoms with Crippen molar-refractivity contribution in [2.45, 2.75) is 24.8 Å². The van der Waals surface area contributed by atoms with Crippen molar-refractivity contribution in [2.24, 2.45) is 12.5 Å². The van der Waals surface area contributed by atoms with Gasteiger partial charge in [0.1, 0.15) is 11.2 Å². The molecule has 2 aromatic heterocycles. The summed E-state index contributed by atoms with van der Waals surface area (Å²) in [5.74, 6) is -0.829. The highest BCUT2D eigenvalue weighted by molar-refractivity contribution is 7.89. The molecule has 0 saturated carbocycles. The summed E-state index contributed by atoms with van der Waals surface area (Å²) in [5.41, 5.74) is 2.50. The van der Waals surface area contributed by atoms with Crippen molar-refractivity contribution >= 4 is 22.1 Å². The average Bonchev–Trinajstić information content (AvgIpc) is 3.38. The molecule has 1 unspecified atom stereocenters. The van der Waals surface area contributed by atoms with Gasteiger partial charge in [0.2, 0.25) is 0 Å². The first-order chi connectivity index (χ1) is 16.2. The van der Waals surface area contributed by atoms with E-state index in [1.54, 1.807) is 37.0 Å². The number of aromatic nitrogens is 4. The minimum absolute atomic E-state index is 0.0424. The van der Waals surface area contributed by atoms with Crippen molar-refractivity contribution in [3.63, 3.8) is 0 Å². The number of hydrogen-bond acceptors (Lipinski definition) is 6. The summed E-state index contributed by atoms with van der Waals surface area (Å²) in [4.78, 5) is 13.2. The van der Waals surface area contributed by atoms with Crippen LogP contribution in [0.4, 0.5) is 4.39 Å². The number of fused-ring (bicyclic) bond motifs is 2. The van der Waals surface area contributed by atoms with Crippen LogP contribution in [0.1, 0.15) is 23.4 Å². The molecule has 1 aliphatic carbocycles. The maximum absolute atomic E-state index is 13.5. The third-order valence-corrected chi connectivity index (χ3v) is 8.49. The lowest BCUT2D eigenvalue weighted by molar-refractivity contribution is -0.151. The molecule has 178 valence electrons. The molecule has 0 bridgehead atoms. The first kappa shape index (κ1) is 22.5. The maximum Gasteiger partial charge on any atom is 0.317 e. The van der Waals surface area contributed by atoms with E-state index in [4.69, 9.17) is 4.74 Å². The Balaban J connectivity index is 1.56. The predicted octanol–water partition coefficient (Wildman–Crippen LogP) is 2.25. The Hall–Kier alpha value is -3.31. The van der Waals surface area contributed by atoms with E-state index in [1.807, 2.05) is 6.08 Å². The fourth-order valence-corrected chi connectivity index (χ4v) is 6.62. The van der Waals surface area contributed by atoms with Crippen LogP contribution in [0.5, 0.6) is 0 Å². The molecule has 2 aliphatic rings. The van der Waals surface area contributed by atoms with Crippen molar-refractivity contribution in [2.75, 3.05) is 20.2 Å². The van der Waals surface area contributed by atoms with E-state index in [0.29, 0.717) is 17.8 Å². The van der Waals surface area contributed by atoms with Gasteiger partial charge >= 0.3 is 5.97 Å². The SMILES string of the molecule is COC(=O)C12Cc3cnn(-c4ccc(F)cc4)c3C=C1CCN(S(=O)(=O)c1cc(C)nn1C)C2. The normalized spacial score (nSPS) is 20.4. The van der Waals surface area contributed by atoms with Crippen molar-refractivity contribution < 1.29 is 22.3 Å². The molecule has 0 amide bonds. The van der Waals surface area contributed by atoms with Crippen LogP contribution < -0.4 is 0 Å². The van der Waals surface area contributed by atoms with Crippen LogP contribution >= 0.6 is 0 Å². The number of hydrogen-bond donors (Lipinski definition) is 0. The van der Waals surface area contributed by atoms with Crippen LogP contribution in [0.3, 0.4) is 0 Å². The van der Waals surface area contributed by atoms with Crippen LogP contribution in [0.2, 0.25) is 0 Å². The summed E-state index contributed by atoms with van der Waals surface area (Å²) in [7, 11) is -0.984. The topological polar surface area (TPSA) is 99.3 Å². The number of piperidine rings is 1. The van der Waals surface area contributed by atoms with Gasteiger partial charge in [0.15, 0.2) is 5.03 Å². The molecule has 0 spiro atoms. The van der Waals surface area contributed by atoms with Gasteiger partial charge in [-0.2, -0.15) is 14.5 Å². The van der Waals surface area contributed by atoms with E-state index in [2.05, 4.69) is 10.2 Å². The van der Waals surface area contributed by atoms with Crippen molar-refractivity contribution in [3.8, 4) is 5.69 Å². The van der Waals surface area contributed by atoms with Crippen LogP contribution in [0.25, 0.3) is 11.8 Å². The Morgan fingerprint density at radius 3 is 2.62 bits per heavy atom. The van der Waals surface area contributed by atoms with Crippen LogP contribution in [-0.4, -0.2) is 58.5 Å². The number of ether oxygens (including phenoxy) is 1. The lowest BCUT2D eigenvalue weighted by Gasteiger charge is -2.43. The molecule has 5 rings (SSSR count). The standard InChI is InChI=1S/C23H24FN5O4S/c1-15-10-21(27(2)26-15)34(31,32)28-9-8-17-11-20-16(12-23(17,14-28)22(30)33-3)13-25-29(20)19-6-4-18(24)5-7-19/h4-7,10-11,13H,8-9,12,14H2,1-3H3. The molecule has 1 fully saturated rings. The molecule has 3 heterocycles. The number of rotatable bonds is 4. The number of aryl methyl sites for hydroxylation is 2. The molecule has 11 heteroatoms. The van der Waals surface area contributed by atoms with E-state index >= 15 is 0 Å². The van der Waals surface area contributed by atoms with E-state index in [9.17, 15) is 17.6 Å². The minimum Gasteiger partial charge on any atom is -0.468 e. The molecule has 0 radical (unpaired) electrons. The second-order valence-corrected chi connectivity index (χ2v) is 10.6. The largest absolute Gasteiger partial charge is 0.468 e. The molecular weight excluding hydrogens is 461 g/mol. The molecule has 1 atom stereocenters. The molecule has 1 aromatic carbocycles. The number of methoxy groups -OCH3 is 1. The zero-order chi connectivity index (χ0) is 24.3. The van der Waals surface area contributed by atoms with Gasteiger partial charge in [-0.15, -0.1) is 0 Å². The highest BCUT2D eigenvalue weighted by Gasteiger charge is 2.52. The minimum atomic E-state index is -3.88. The highest BCUT2D eigenvalue weighted by Crippen LogP contribution is 2.46. The Morgan fingerprint density at radius 2 is 1.97 bits per heavy atom. The first-order valence-electron chi connectivity index (χ1n) is 10.8. The number of nitrogens with zero attached hydrogens (tertiary/aromatic N) is 5. The third kappa shape index (κ3) is 3.38. The van der Waals surface area contributed by atoms with Crippen LogP contribution in [-0.2, 0) is 33.0 Å². The van der Waals surface area contributed by atoms with E-state index < -0.39 is 21.4 Å². The fraction of sp³-hybridized carbons (Fsp3) is 0.348. The summed E-state index contributed by atoms with van der Waals surface area (Å²) in [6, 6.07) is 7.52. The monoisotopic (exact) mass is 485 g/mol. The second kappa shape index (κ2) is 7.88. The van der Waals surface area contributed by atoms with Gasteiger partial charge in [0, 0.05) is 20.1 Å². The summed E-state index contributed by atoms with van der Waals surface area (Å²) in [5, 5.41) is 8.70. The van der Waals surface area contributed by atoms with E-state index in [-0.39, 0.29) is 30.4 Å². The third-order valence-electron chi connectivity index (χ3n) is 6.59. The van der Waals surface area contributed by atoms with Gasteiger partial charge in [0.25, 0.3) is 10.0 Å². The van der Waals surface area contributed by atoms with Crippen LogP contribution in [0.15, 0.2) is 47.1 Å². The van der Waals surface area contributed by atoms with Crippen molar-refractivity contribution in [1.82, 2.24) is 23.9 Å². The summed E-state index contributed by atoms with van der Waals surface area (Å²) < 4.78 is 49.9. The Morgan fingerprint density at radius 1 is 1.24 bits per heavy atom. The number of carbonyl (C=O) groups is 1. The smallest absolute Gasteiger partial charge is 0.317 e. The number of esters is 1. The van der Waals surface area contributed by atoms with Gasteiger partial charge in [-0.25, -0.2) is 17.5 Å². The maximum atomic E-state index is 13.5. The molecule has 1 aliphatic heterocycles. The highest BCUT2D eigenvalue weighted by atomic mass is 32.2. The zero-order valence-electron chi connectivity index (χ0n) is 19.0. The van der Waals surface area contributed by atoms with Gasteiger partial charge in [-0.3, -0.25) is 9.48 Å². The molecule has 0 N–H and O–H groups in total. The predicted molar refractivity (Wildman–Crippen MR) is 121 cm³/mol. The van der Waals surface area contributed by atoms with Gasteiger partial charge in [-0.05, 0) is 67.3 Å². The number of benzene rings is 1. The van der Waals surface area contributed by atoms with Crippen LogP contribution in [0, 0.1) is 18.2 Å². The quantitative estimate of drug-likeness (QED) is 0.526. The Kier molecular flexibility index (Phi) is 5.21.